The van der Waals surface area contributed by atoms with E-state index in [0.717, 1.165) is 47.7 Å². The Labute approximate surface area is 153 Å². The molecule has 0 unspecified atom stereocenters. The average molecular weight is 353 g/mol. The normalized spacial score (nSPS) is 18.7. The van der Waals surface area contributed by atoms with E-state index in [9.17, 15) is 5.11 Å². The Balaban J connectivity index is 1.83. The second kappa shape index (κ2) is 7.14. The lowest BCUT2D eigenvalue weighted by molar-refractivity contribution is 0.339. The molecule has 1 fully saturated rings. The third-order valence-electron chi connectivity index (χ3n) is 4.83. The Kier molecular flexibility index (Phi) is 4.73. The molecular formula is C21H23NO2S. The number of piperidine rings is 1. The predicted octanol–water partition coefficient (Wildman–Crippen LogP) is 4.69. The smallest absolute Gasteiger partial charge is 0.124 e. The molecule has 2 N–H and O–H groups in total. The molecule has 4 rings (SSSR count). The van der Waals surface area contributed by atoms with Gasteiger partial charge in [0.1, 0.15) is 11.5 Å². The SMILES string of the molecule is CCOc1ccc2c(c1)Sc1cccc(O)c1C2=CC1CCNCC1. The van der Waals surface area contributed by atoms with Crippen LogP contribution < -0.4 is 10.1 Å². The molecule has 2 aliphatic rings. The average Bonchev–Trinajstić information content (AvgIpc) is 2.62. The zero-order valence-electron chi connectivity index (χ0n) is 14.4. The van der Waals surface area contributed by atoms with Crippen molar-refractivity contribution in [3.05, 3.63) is 53.6 Å². The van der Waals surface area contributed by atoms with Gasteiger partial charge in [-0.05, 0) is 80.2 Å². The lowest BCUT2D eigenvalue weighted by Crippen LogP contribution is -2.27. The lowest BCUT2D eigenvalue weighted by Gasteiger charge is -2.26. The van der Waals surface area contributed by atoms with Gasteiger partial charge in [0, 0.05) is 15.4 Å². The van der Waals surface area contributed by atoms with Crippen LogP contribution in [0.1, 0.15) is 30.9 Å². The summed E-state index contributed by atoms with van der Waals surface area (Å²) in [4.78, 5) is 2.31. The first-order valence-electron chi connectivity index (χ1n) is 8.96. The Bertz CT molecular complexity index is 810. The van der Waals surface area contributed by atoms with Gasteiger partial charge in [0.05, 0.1) is 6.61 Å². The summed E-state index contributed by atoms with van der Waals surface area (Å²) >= 11 is 1.71. The van der Waals surface area contributed by atoms with Gasteiger partial charge in [0.2, 0.25) is 0 Å². The van der Waals surface area contributed by atoms with Gasteiger partial charge in [-0.15, -0.1) is 0 Å². The van der Waals surface area contributed by atoms with E-state index in [-0.39, 0.29) is 0 Å². The number of ether oxygens (including phenoxy) is 1. The number of aromatic hydroxyl groups is 1. The van der Waals surface area contributed by atoms with Crippen molar-refractivity contribution in [3.63, 3.8) is 0 Å². The minimum atomic E-state index is 0.365. The van der Waals surface area contributed by atoms with Gasteiger partial charge in [0.15, 0.2) is 0 Å². The van der Waals surface area contributed by atoms with Crippen LogP contribution in [0.2, 0.25) is 0 Å². The third-order valence-corrected chi connectivity index (χ3v) is 5.95. The summed E-state index contributed by atoms with van der Waals surface area (Å²) in [6, 6.07) is 12.1. The van der Waals surface area contributed by atoms with Crippen molar-refractivity contribution in [2.24, 2.45) is 5.92 Å². The van der Waals surface area contributed by atoms with Gasteiger partial charge in [0.25, 0.3) is 0 Å². The highest BCUT2D eigenvalue weighted by Crippen LogP contribution is 2.49. The van der Waals surface area contributed by atoms with E-state index in [1.54, 1.807) is 17.8 Å². The zero-order chi connectivity index (χ0) is 17.2. The van der Waals surface area contributed by atoms with E-state index < -0.39 is 0 Å². The number of fused-ring (bicyclic) bond motifs is 2. The maximum absolute atomic E-state index is 10.5. The second-order valence-electron chi connectivity index (χ2n) is 6.51. The highest BCUT2D eigenvalue weighted by molar-refractivity contribution is 7.99. The first kappa shape index (κ1) is 16.6. The van der Waals surface area contributed by atoms with Crippen molar-refractivity contribution < 1.29 is 9.84 Å². The third kappa shape index (κ3) is 3.29. The summed E-state index contributed by atoms with van der Waals surface area (Å²) < 4.78 is 5.68. The van der Waals surface area contributed by atoms with E-state index >= 15 is 0 Å². The minimum absolute atomic E-state index is 0.365. The zero-order valence-corrected chi connectivity index (χ0v) is 15.2. The number of phenols is 1. The molecule has 0 aromatic heterocycles. The van der Waals surface area contributed by atoms with Crippen LogP contribution in [-0.4, -0.2) is 24.8 Å². The largest absolute Gasteiger partial charge is 0.507 e. The molecule has 0 bridgehead atoms. The molecule has 1 saturated heterocycles. The number of rotatable bonds is 3. The lowest BCUT2D eigenvalue weighted by atomic mass is 9.89. The summed E-state index contributed by atoms with van der Waals surface area (Å²) in [5.41, 5.74) is 3.33. The monoisotopic (exact) mass is 353 g/mol. The van der Waals surface area contributed by atoms with Gasteiger partial charge in [-0.25, -0.2) is 0 Å². The van der Waals surface area contributed by atoms with Crippen LogP contribution in [0, 0.1) is 5.92 Å². The fourth-order valence-electron chi connectivity index (χ4n) is 3.61. The number of benzene rings is 2. The summed E-state index contributed by atoms with van der Waals surface area (Å²) in [5.74, 6) is 1.81. The number of phenolic OH excluding ortho intramolecular Hbond substituents is 1. The topological polar surface area (TPSA) is 41.5 Å². The number of allylic oxidation sites excluding steroid dienone is 1. The van der Waals surface area contributed by atoms with Crippen molar-refractivity contribution in [1.82, 2.24) is 5.32 Å². The molecule has 2 aromatic rings. The molecule has 4 heteroatoms. The maximum Gasteiger partial charge on any atom is 0.124 e. The molecule has 0 radical (unpaired) electrons. The standard InChI is InChI=1S/C21H23NO2S/c1-2-24-15-6-7-16-17(12-14-8-10-22-11-9-14)21-18(23)4-3-5-19(21)25-20(16)13-15/h3-7,12-14,22-23H,2,8-11H2,1H3. The first-order chi connectivity index (χ1) is 12.3. The highest BCUT2D eigenvalue weighted by Gasteiger charge is 2.25. The van der Waals surface area contributed by atoms with E-state index in [4.69, 9.17) is 4.74 Å². The van der Waals surface area contributed by atoms with Crippen molar-refractivity contribution in [3.8, 4) is 11.5 Å². The van der Waals surface area contributed by atoms with Crippen LogP contribution in [-0.2, 0) is 0 Å². The number of hydrogen-bond acceptors (Lipinski definition) is 4. The van der Waals surface area contributed by atoms with Crippen LogP contribution in [0.3, 0.4) is 0 Å². The van der Waals surface area contributed by atoms with Crippen LogP contribution in [0.5, 0.6) is 11.5 Å². The molecule has 2 aliphatic heterocycles. The van der Waals surface area contributed by atoms with Crippen molar-refractivity contribution in [2.45, 2.75) is 29.6 Å². The molecule has 2 heterocycles. The van der Waals surface area contributed by atoms with Gasteiger partial charge >= 0.3 is 0 Å². The van der Waals surface area contributed by atoms with E-state index in [0.29, 0.717) is 18.3 Å². The summed E-state index contributed by atoms with van der Waals surface area (Å²) in [5, 5.41) is 14.0. The van der Waals surface area contributed by atoms with Crippen molar-refractivity contribution >= 4 is 17.3 Å². The molecule has 130 valence electrons. The van der Waals surface area contributed by atoms with Crippen LogP contribution in [0.15, 0.2) is 52.3 Å². The summed E-state index contributed by atoms with van der Waals surface area (Å²) in [7, 11) is 0. The Morgan fingerprint density at radius 1 is 1.20 bits per heavy atom. The van der Waals surface area contributed by atoms with Gasteiger partial charge < -0.3 is 15.2 Å². The molecule has 25 heavy (non-hydrogen) atoms. The van der Waals surface area contributed by atoms with Crippen molar-refractivity contribution in [2.75, 3.05) is 19.7 Å². The predicted molar refractivity (Wildman–Crippen MR) is 103 cm³/mol. The van der Waals surface area contributed by atoms with Crippen LogP contribution >= 0.6 is 11.8 Å². The molecule has 2 aromatic carbocycles. The van der Waals surface area contributed by atoms with E-state index in [1.807, 2.05) is 19.1 Å². The molecule has 0 amide bonds. The molecule has 0 spiro atoms. The number of hydrogen-bond donors (Lipinski definition) is 2. The fraction of sp³-hybridized carbons (Fsp3) is 0.333. The van der Waals surface area contributed by atoms with E-state index in [1.165, 1.54) is 10.5 Å². The number of nitrogens with one attached hydrogen (secondary N) is 1. The Morgan fingerprint density at radius 3 is 2.84 bits per heavy atom. The second-order valence-corrected chi connectivity index (χ2v) is 7.59. The molecule has 3 nitrogen and oxygen atoms in total. The van der Waals surface area contributed by atoms with Crippen LogP contribution in [0.25, 0.3) is 5.57 Å². The Hall–Kier alpha value is -1.91. The Morgan fingerprint density at radius 2 is 2.04 bits per heavy atom. The van der Waals surface area contributed by atoms with E-state index in [2.05, 4.69) is 29.6 Å². The van der Waals surface area contributed by atoms with Gasteiger partial charge in [-0.2, -0.15) is 0 Å². The fourth-order valence-corrected chi connectivity index (χ4v) is 4.78. The van der Waals surface area contributed by atoms with Crippen LogP contribution in [0.4, 0.5) is 0 Å². The molecule has 0 atom stereocenters. The molecular weight excluding hydrogens is 330 g/mol. The first-order valence-corrected chi connectivity index (χ1v) is 9.78. The summed E-state index contributed by atoms with van der Waals surface area (Å²) in [6.07, 6.45) is 4.66. The maximum atomic E-state index is 10.5. The van der Waals surface area contributed by atoms with Crippen molar-refractivity contribution in [1.29, 1.82) is 0 Å². The minimum Gasteiger partial charge on any atom is -0.507 e. The van der Waals surface area contributed by atoms with Gasteiger partial charge in [-0.3, -0.25) is 0 Å². The highest BCUT2D eigenvalue weighted by atomic mass is 32.2. The molecule has 0 saturated carbocycles. The quantitative estimate of drug-likeness (QED) is 0.717. The summed E-state index contributed by atoms with van der Waals surface area (Å²) in [6.45, 7) is 4.79. The van der Waals surface area contributed by atoms with Gasteiger partial charge in [-0.1, -0.05) is 23.9 Å². The molecule has 0 aliphatic carbocycles.